The highest BCUT2D eigenvalue weighted by Gasteiger charge is 2.14. The van der Waals surface area contributed by atoms with Gasteiger partial charge in [-0.1, -0.05) is 29.0 Å². The third-order valence-electron chi connectivity index (χ3n) is 2.43. The van der Waals surface area contributed by atoms with E-state index in [4.69, 9.17) is 17.4 Å². The van der Waals surface area contributed by atoms with E-state index in [-0.39, 0.29) is 5.69 Å². The number of fused-ring (bicyclic) bond motifs is 3. The van der Waals surface area contributed by atoms with Crippen LogP contribution in [0.5, 0.6) is 0 Å². The maximum atomic E-state index is 11.4. The van der Waals surface area contributed by atoms with Gasteiger partial charge in [0.15, 0.2) is 4.96 Å². The number of para-hydroxylation sites is 1. The number of hydrogen-bond donors (Lipinski definition) is 2. The lowest BCUT2D eigenvalue weighted by atomic mass is 10.3. The van der Waals surface area contributed by atoms with E-state index >= 15 is 0 Å². The molecule has 0 spiro atoms. The van der Waals surface area contributed by atoms with Crippen molar-refractivity contribution in [1.29, 1.82) is 0 Å². The normalized spacial score (nSPS) is 11.2. The number of thiazole rings is 1. The van der Waals surface area contributed by atoms with E-state index in [1.54, 1.807) is 16.7 Å². The Morgan fingerprint density at radius 3 is 3.12 bits per heavy atom. The summed E-state index contributed by atoms with van der Waals surface area (Å²) in [6, 6.07) is 5.65. The average Bonchev–Trinajstić information content (AvgIpc) is 2.85. The number of hydrogen-bond acceptors (Lipinski definition) is 4. The first-order valence-electron chi connectivity index (χ1n) is 4.78. The molecule has 3 aromatic rings. The molecular formula is C10H7ClN4OS. The number of benzene rings is 1. The number of nitrogen functional groups attached to an aromatic ring is 1. The predicted octanol–water partition coefficient (Wildman–Crippen LogP) is 1.81. The fourth-order valence-electron chi connectivity index (χ4n) is 1.69. The molecule has 2 aromatic heterocycles. The number of nitrogens with zero attached hydrogens (tertiary/aromatic N) is 2. The first-order valence-corrected chi connectivity index (χ1v) is 5.97. The van der Waals surface area contributed by atoms with E-state index in [0.29, 0.717) is 9.98 Å². The summed E-state index contributed by atoms with van der Waals surface area (Å²) in [5, 5.41) is 0.630. The van der Waals surface area contributed by atoms with Gasteiger partial charge >= 0.3 is 0 Å². The molecule has 5 nitrogen and oxygen atoms in total. The Bertz CT molecular complexity index is 732. The van der Waals surface area contributed by atoms with E-state index in [1.807, 2.05) is 12.1 Å². The van der Waals surface area contributed by atoms with Gasteiger partial charge in [0, 0.05) is 6.20 Å². The Kier molecular flexibility index (Phi) is 2.29. The van der Waals surface area contributed by atoms with E-state index in [2.05, 4.69) is 10.4 Å². The number of nitrogens with one attached hydrogen (secondary N) is 1. The number of halogens is 1. The molecule has 0 aliphatic carbocycles. The monoisotopic (exact) mass is 266 g/mol. The van der Waals surface area contributed by atoms with Crippen molar-refractivity contribution in [2.24, 2.45) is 5.84 Å². The molecule has 0 bridgehead atoms. The van der Waals surface area contributed by atoms with Crippen molar-refractivity contribution in [2.45, 2.75) is 0 Å². The summed E-state index contributed by atoms with van der Waals surface area (Å²) in [7, 11) is 0. The van der Waals surface area contributed by atoms with Gasteiger partial charge in [0.1, 0.15) is 5.69 Å². The Morgan fingerprint density at radius 2 is 2.35 bits per heavy atom. The van der Waals surface area contributed by atoms with Crippen LogP contribution in [0.4, 0.5) is 0 Å². The number of carbonyl (C=O) groups excluding carboxylic acids is 1. The van der Waals surface area contributed by atoms with Crippen molar-refractivity contribution in [2.75, 3.05) is 0 Å². The first-order chi connectivity index (χ1) is 8.20. The molecule has 3 rings (SSSR count). The lowest BCUT2D eigenvalue weighted by Crippen LogP contribution is -2.30. The van der Waals surface area contributed by atoms with Gasteiger partial charge in [-0.05, 0) is 12.1 Å². The minimum absolute atomic E-state index is 0.278. The van der Waals surface area contributed by atoms with Gasteiger partial charge in [0.2, 0.25) is 0 Å². The Labute approximate surface area is 105 Å². The van der Waals surface area contributed by atoms with Gasteiger partial charge in [-0.15, -0.1) is 0 Å². The zero-order valence-electron chi connectivity index (χ0n) is 8.48. The molecule has 0 saturated heterocycles. The predicted molar refractivity (Wildman–Crippen MR) is 67.2 cm³/mol. The maximum Gasteiger partial charge on any atom is 0.285 e. The van der Waals surface area contributed by atoms with Crippen LogP contribution in [0.25, 0.3) is 15.2 Å². The lowest BCUT2D eigenvalue weighted by Gasteiger charge is -1.94. The second kappa shape index (κ2) is 3.69. The van der Waals surface area contributed by atoms with Gasteiger partial charge in [0.25, 0.3) is 5.91 Å². The molecule has 7 heteroatoms. The molecule has 0 saturated carbocycles. The molecule has 0 unspecified atom stereocenters. The first kappa shape index (κ1) is 10.5. The SMILES string of the molecule is NNC(=O)c1cn2c(n1)sc1cccc(Cl)c12. The number of amides is 1. The molecule has 0 radical (unpaired) electrons. The summed E-state index contributed by atoms with van der Waals surface area (Å²) in [4.78, 5) is 16.3. The number of carbonyl (C=O) groups is 1. The highest BCUT2D eigenvalue weighted by molar-refractivity contribution is 7.23. The van der Waals surface area contributed by atoms with Crippen molar-refractivity contribution in [3.8, 4) is 0 Å². The number of nitrogens with two attached hydrogens (primary N) is 1. The second-order valence-electron chi connectivity index (χ2n) is 3.44. The topological polar surface area (TPSA) is 72.4 Å². The molecule has 1 amide bonds. The van der Waals surface area contributed by atoms with Gasteiger partial charge < -0.3 is 0 Å². The quantitative estimate of drug-likeness (QED) is 0.401. The molecule has 1 aromatic carbocycles. The van der Waals surface area contributed by atoms with E-state index in [9.17, 15) is 4.79 Å². The fraction of sp³-hybridized carbons (Fsp3) is 0. The van der Waals surface area contributed by atoms with Crippen LogP contribution in [0.15, 0.2) is 24.4 Å². The highest BCUT2D eigenvalue weighted by Crippen LogP contribution is 2.31. The third kappa shape index (κ3) is 1.49. The van der Waals surface area contributed by atoms with Crippen LogP contribution in [-0.4, -0.2) is 15.3 Å². The van der Waals surface area contributed by atoms with Gasteiger partial charge in [-0.2, -0.15) is 0 Å². The molecule has 0 aliphatic heterocycles. The van der Waals surface area contributed by atoms with E-state index < -0.39 is 5.91 Å². The average molecular weight is 267 g/mol. The molecule has 0 fully saturated rings. The number of hydrazine groups is 1. The second-order valence-corrected chi connectivity index (χ2v) is 4.86. The number of imidazole rings is 1. The molecular weight excluding hydrogens is 260 g/mol. The fourth-order valence-corrected chi connectivity index (χ4v) is 3.05. The van der Waals surface area contributed by atoms with Crippen molar-refractivity contribution in [3.05, 3.63) is 35.1 Å². The Morgan fingerprint density at radius 1 is 1.53 bits per heavy atom. The Hall–Kier alpha value is -1.63. The van der Waals surface area contributed by atoms with Crippen LogP contribution in [-0.2, 0) is 0 Å². The van der Waals surface area contributed by atoms with Crippen molar-refractivity contribution in [1.82, 2.24) is 14.8 Å². The summed E-state index contributed by atoms with van der Waals surface area (Å²) in [5.41, 5.74) is 3.19. The maximum absolute atomic E-state index is 11.4. The largest absolute Gasteiger partial charge is 0.289 e. The van der Waals surface area contributed by atoms with Crippen LogP contribution in [0, 0.1) is 0 Å². The summed E-state index contributed by atoms with van der Waals surface area (Å²) >= 11 is 7.60. The van der Waals surface area contributed by atoms with Crippen molar-refractivity contribution >= 4 is 44.0 Å². The molecule has 3 N–H and O–H groups in total. The molecule has 0 atom stereocenters. The van der Waals surface area contributed by atoms with E-state index in [0.717, 1.165) is 10.2 Å². The van der Waals surface area contributed by atoms with Crippen LogP contribution in [0.2, 0.25) is 5.02 Å². The number of rotatable bonds is 1. The zero-order chi connectivity index (χ0) is 12.0. The molecule has 2 heterocycles. The van der Waals surface area contributed by atoms with Crippen LogP contribution >= 0.6 is 22.9 Å². The smallest absolute Gasteiger partial charge is 0.285 e. The number of aromatic nitrogens is 2. The summed E-state index contributed by atoms with van der Waals surface area (Å²) in [5.74, 6) is 4.65. The molecule has 86 valence electrons. The van der Waals surface area contributed by atoms with Crippen LogP contribution in [0.3, 0.4) is 0 Å². The molecule has 0 aliphatic rings. The third-order valence-corrected chi connectivity index (χ3v) is 3.75. The van der Waals surface area contributed by atoms with Gasteiger partial charge in [-0.3, -0.25) is 14.6 Å². The van der Waals surface area contributed by atoms with Crippen LogP contribution < -0.4 is 11.3 Å². The highest BCUT2D eigenvalue weighted by atomic mass is 35.5. The van der Waals surface area contributed by atoms with Crippen molar-refractivity contribution in [3.63, 3.8) is 0 Å². The summed E-state index contributed by atoms with van der Waals surface area (Å²) in [6.07, 6.45) is 1.63. The standard InChI is InChI=1S/C10H7ClN4OS/c11-5-2-1-3-7-8(5)15-4-6(9(16)14-12)13-10(15)17-7/h1-4H,12H2,(H,14,16). The molecule has 17 heavy (non-hydrogen) atoms. The van der Waals surface area contributed by atoms with Crippen LogP contribution in [0.1, 0.15) is 10.5 Å². The van der Waals surface area contributed by atoms with Crippen molar-refractivity contribution < 1.29 is 4.79 Å². The summed E-state index contributed by atoms with van der Waals surface area (Å²) < 4.78 is 2.83. The Balaban J connectivity index is 2.34. The summed E-state index contributed by atoms with van der Waals surface area (Å²) in [6.45, 7) is 0. The zero-order valence-corrected chi connectivity index (χ0v) is 10.0. The van der Waals surface area contributed by atoms with E-state index in [1.165, 1.54) is 11.3 Å². The lowest BCUT2D eigenvalue weighted by molar-refractivity contribution is 0.0949. The van der Waals surface area contributed by atoms with Gasteiger partial charge in [-0.25, -0.2) is 10.8 Å². The minimum atomic E-state index is -0.416. The van der Waals surface area contributed by atoms with Gasteiger partial charge in [0.05, 0.1) is 15.2 Å². The minimum Gasteiger partial charge on any atom is -0.289 e.